The zero-order valence-corrected chi connectivity index (χ0v) is 18.1. The molecule has 2 N–H and O–H groups in total. The lowest BCUT2D eigenvalue weighted by Gasteiger charge is -2.11. The quantitative estimate of drug-likeness (QED) is 0.405. The molecule has 3 aromatic carbocycles. The van der Waals surface area contributed by atoms with E-state index in [1.165, 1.54) is 0 Å². The number of para-hydroxylation sites is 1. The fourth-order valence-corrected chi connectivity index (χ4v) is 3.34. The first kappa shape index (κ1) is 20.8. The fourth-order valence-electron chi connectivity index (χ4n) is 2.45. The molecule has 0 radical (unpaired) electrons. The van der Waals surface area contributed by atoms with Gasteiger partial charge in [0.25, 0.3) is 5.91 Å². The number of halogens is 2. The van der Waals surface area contributed by atoms with Gasteiger partial charge in [0, 0.05) is 5.56 Å². The third kappa shape index (κ3) is 5.34. The number of benzene rings is 3. The van der Waals surface area contributed by atoms with E-state index in [1.807, 2.05) is 24.3 Å². The molecule has 0 unspecified atom stereocenters. The van der Waals surface area contributed by atoms with Crippen molar-refractivity contribution in [2.24, 2.45) is 0 Å². The molecular weight excluding hydrogens is 502 g/mol. The van der Waals surface area contributed by atoms with Gasteiger partial charge in [-0.3, -0.25) is 4.79 Å². The van der Waals surface area contributed by atoms with Gasteiger partial charge < -0.3 is 15.2 Å². The number of ether oxygens (including phenoxy) is 1. The van der Waals surface area contributed by atoms with Gasteiger partial charge in [-0.15, -0.1) is 0 Å². The number of nitrogens with one attached hydrogen (secondary N) is 1. The van der Waals surface area contributed by atoms with Crippen molar-refractivity contribution in [2.75, 3.05) is 0 Å². The molecule has 0 bridgehead atoms. The van der Waals surface area contributed by atoms with Crippen LogP contribution < -0.4 is 10.1 Å². The van der Waals surface area contributed by atoms with Gasteiger partial charge in [-0.2, -0.15) is 0 Å². The number of amides is 1. The molecule has 0 aliphatic heterocycles. The Morgan fingerprint density at radius 2 is 1.45 bits per heavy atom. The highest BCUT2D eigenvalue weighted by atomic mass is 79.9. The highest BCUT2D eigenvalue weighted by Gasteiger charge is 2.18. The van der Waals surface area contributed by atoms with Gasteiger partial charge in [0.2, 0.25) is 0 Å². The lowest BCUT2D eigenvalue weighted by Crippen LogP contribution is -2.27. The number of carbonyl (C=O) groups is 2. The van der Waals surface area contributed by atoms with Crippen LogP contribution in [-0.4, -0.2) is 17.0 Å². The summed E-state index contributed by atoms with van der Waals surface area (Å²) < 4.78 is 6.88. The van der Waals surface area contributed by atoms with Crippen molar-refractivity contribution in [3.63, 3.8) is 0 Å². The SMILES string of the molecule is O=C(O)C(NC(=O)c1ccccc1)=C(Br)c1ccc(Oc2ccccc2Br)cc1. The highest BCUT2D eigenvalue weighted by Crippen LogP contribution is 2.31. The molecule has 0 atom stereocenters. The molecule has 5 nitrogen and oxygen atoms in total. The predicted octanol–water partition coefficient (Wildman–Crippen LogP) is 5.82. The highest BCUT2D eigenvalue weighted by molar-refractivity contribution is 9.15. The van der Waals surface area contributed by atoms with Crippen LogP contribution in [0.2, 0.25) is 0 Å². The Hall–Kier alpha value is -2.90. The topological polar surface area (TPSA) is 75.6 Å². The first-order chi connectivity index (χ1) is 14.0. The second-order valence-corrected chi connectivity index (χ2v) is 7.52. The number of hydrogen-bond donors (Lipinski definition) is 2. The summed E-state index contributed by atoms with van der Waals surface area (Å²) in [7, 11) is 0. The summed E-state index contributed by atoms with van der Waals surface area (Å²) in [5.41, 5.74) is 0.692. The minimum atomic E-state index is -1.25. The summed E-state index contributed by atoms with van der Waals surface area (Å²) in [4.78, 5) is 24.0. The lowest BCUT2D eigenvalue weighted by molar-refractivity contribution is -0.132. The molecule has 0 saturated carbocycles. The first-order valence-corrected chi connectivity index (χ1v) is 10.1. The van der Waals surface area contributed by atoms with Gasteiger partial charge in [0.1, 0.15) is 17.2 Å². The van der Waals surface area contributed by atoms with Crippen molar-refractivity contribution in [3.05, 3.63) is 100 Å². The Morgan fingerprint density at radius 1 is 0.828 bits per heavy atom. The van der Waals surface area contributed by atoms with Gasteiger partial charge in [0.15, 0.2) is 0 Å². The van der Waals surface area contributed by atoms with Crippen LogP contribution in [0.5, 0.6) is 11.5 Å². The van der Waals surface area contributed by atoms with E-state index < -0.39 is 11.9 Å². The average molecular weight is 517 g/mol. The number of rotatable bonds is 6. The molecule has 7 heteroatoms. The number of carboxylic acid groups (broad SMARTS) is 1. The third-order valence-corrected chi connectivity index (χ3v) is 5.39. The fraction of sp³-hybridized carbons (Fsp3) is 0. The Morgan fingerprint density at radius 3 is 2.07 bits per heavy atom. The minimum absolute atomic E-state index is 0.252. The monoisotopic (exact) mass is 515 g/mol. The van der Waals surface area contributed by atoms with Crippen LogP contribution in [-0.2, 0) is 4.79 Å². The summed E-state index contributed by atoms with van der Waals surface area (Å²) in [6, 6.07) is 22.7. The second kappa shape index (κ2) is 9.54. The van der Waals surface area contributed by atoms with E-state index in [9.17, 15) is 14.7 Å². The first-order valence-electron chi connectivity index (χ1n) is 8.48. The van der Waals surface area contributed by atoms with Gasteiger partial charge in [-0.25, -0.2) is 4.79 Å². The van der Waals surface area contributed by atoms with E-state index in [1.54, 1.807) is 54.6 Å². The number of carboxylic acids is 1. The molecule has 0 aliphatic carbocycles. The molecular formula is C22H15Br2NO4. The zero-order chi connectivity index (χ0) is 20.8. The van der Waals surface area contributed by atoms with Crippen LogP contribution in [0.15, 0.2) is 89.0 Å². The van der Waals surface area contributed by atoms with Crippen molar-refractivity contribution < 1.29 is 19.4 Å². The van der Waals surface area contributed by atoms with Gasteiger partial charge in [0.05, 0.1) is 8.96 Å². The molecule has 0 aliphatic rings. The van der Waals surface area contributed by atoms with Crippen molar-refractivity contribution in [2.45, 2.75) is 0 Å². The van der Waals surface area contributed by atoms with Crippen molar-refractivity contribution in [3.8, 4) is 11.5 Å². The zero-order valence-electron chi connectivity index (χ0n) is 14.9. The molecule has 3 aromatic rings. The van der Waals surface area contributed by atoms with E-state index in [2.05, 4.69) is 37.2 Å². The molecule has 1 amide bonds. The van der Waals surface area contributed by atoms with Crippen LogP contribution in [0.25, 0.3) is 4.48 Å². The standard InChI is InChI=1S/C22H15Br2NO4/c23-17-8-4-5-9-18(17)29-16-12-10-14(11-13-16)19(24)20(22(27)28)25-21(26)15-6-2-1-3-7-15/h1-13H,(H,25,26)(H,27,28). The maximum absolute atomic E-state index is 12.3. The average Bonchev–Trinajstić information content (AvgIpc) is 2.74. The molecule has 0 spiro atoms. The molecule has 29 heavy (non-hydrogen) atoms. The Kier molecular flexibility index (Phi) is 6.85. The maximum Gasteiger partial charge on any atom is 0.353 e. The Bertz CT molecular complexity index is 1060. The van der Waals surface area contributed by atoms with E-state index in [-0.39, 0.29) is 10.2 Å². The van der Waals surface area contributed by atoms with E-state index >= 15 is 0 Å². The Balaban J connectivity index is 1.82. The Labute approximate surface area is 184 Å². The van der Waals surface area contributed by atoms with Crippen LogP contribution in [0, 0.1) is 0 Å². The molecule has 0 saturated heterocycles. The van der Waals surface area contributed by atoms with E-state index in [4.69, 9.17) is 4.74 Å². The summed E-state index contributed by atoms with van der Waals surface area (Å²) in [5, 5.41) is 12.0. The van der Waals surface area contributed by atoms with Crippen molar-refractivity contribution >= 4 is 48.2 Å². The third-order valence-electron chi connectivity index (χ3n) is 3.88. The van der Waals surface area contributed by atoms with Crippen LogP contribution in [0.1, 0.15) is 15.9 Å². The van der Waals surface area contributed by atoms with Crippen LogP contribution >= 0.6 is 31.9 Å². The smallest absolute Gasteiger partial charge is 0.353 e. The van der Waals surface area contributed by atoms with Crippen LogP contribution in [0.4, 0.5) is 0 Å². The van der Waals surface area contributed by atoms with Gasteiger partial charge in [-0.1, -0.05) is 42.5 Å². The molecule has 0 heterocycles. The summed E-state index contributed by atoms with van der Waals surface area (Å²) in [6.45, 7) is 0. The molecule has 3 rings (SSSR count). The molecule has 0 fully saturated rings. The molecule has 146 valence electrons. The second-order valence-electron chi connectivity index (χ2n) is 5.87. The minimum Gasteiger partial charge on any atom is -0.477 e. The van der Waals surface area contributed by atoms with Crippen LogP contribution in [0.3, 0.4) is 0 Å². The van der Waals surface area contributed by atoms with E-state index in [0.29, 0.717) is 22.6 Å². The largest absolute Gasteiger partial charge is 0.477 e. The number of hydrogen-bond acceptors (Lipinski definition) is 3. The summed E-state index contributed by atoms with van der Waals surface area (Å²) >= 11 is 6.72. The number of aliphatic carboxylic acids is 1. The van der Waals surface area contributed by atoms with E-state index in [0.717, 1.165) is 4.47 Å². The summed E-state index contributed by atoms with van der Waals surface area (Å²) in [5.74, 6) is -0.508. The summed E-state index contributed by atoms with van der Waals surface area (Å²) in [6.07, 6.45) is 0. The van der Waals surface area contributed by atoms with Gasteiger partial charge >= 0.3 is 5.97 Å². The normalized spacial score (nSPS) is 11.4. The van der Waals surface area contributed by atoms with Crippen molar-refractivity contribution in [1.82, 2.24) is 5.32 Å². The number of carbonyl (C=O) groups excluding carboxylic acids is 1. The van der Waals surface area contributed by atoms with Crippen molar-refractivity contribution in [1.29, 1.82) is 0 Å². The molecule has 0 aromatic heterocycles. The predicted molar refractivity (Wildman–Crippen MR) is 118 cm³/mol. The van der Waals surface area contributed by atoms with Gasteiger partial charge in [-0.05, 0) is 73.8 Å². The lowest BCUT2D eigenvalue weighted by atomic mass is 10.1. The maximum atomic E-state index is 12.3.